The zero-order valence-electron chi connectivity index (χ0n) is 10.1. The molecular weight excluding hydrogens is 260 g/mol. The van der Waals surface area contributed by atoms with Crippen LogP contribution >= 0.6 is 11.6 Å². The van der Waals surface area contributed by atoms with Crippen LogP contribution in [0.15, 0.2) is 0 Å². The van der Waals surface area contributed by atoms with Gasteiger partial charge in [0.1, 0.15) is 6.04 Å². The van der Waals surface area contributed by atoms with Crippen molar-refractivity contribution in [3.8, 4) is 0 Å². The van der Waals surface area contributed by atoms with Crippen molar-refractivity contribution in [3.05, 3.63) is 5.28 Å². The van der Waals surface area contributed by atoms with Crippen LogP contribution in [0.4, 0.5) is 11.9 Å². The van der Waals surface area contributed by atoms with Crippen LogP contribution in [-0.2, 0) is 9.53 Å². The summed E-state index contributed by atoms with van der Waals surface area (Å²) in [6.45, 7) is 2.54. The third-order valence-electron chi connectivity index (χ3n) is 1.97. The largest absolute Gasteiger partial charge is 0.383 e. The number of rotatable bonds is 6. The number of ether oxygens (including phenoxy) is 1. The predicted molar refractivity (Wildman–Crippen MR) is 67.2 cm³/mol. The predicted octanol–water partition coefficient (Wildman–Crippen LogP) is -0.330. The van der Waals surface area contributed by atoms with Gasteiger partial charge in [-0.2, -0.15) is 15.0 Å². The maximum absolute atomic E-state index is 11.6. The molecule has 9 heteroatoms. The minimum atomic E-state index is -0.528. The van der Waals surface area contributed by atoms with Crippen molar-refractivity contribution in [2.24, 2.45) is 0 Å². The van der Waals surface area contributed by atoms with Gasteiger partial charge in [-0.05, 0) is 18.5 Å². The maximum Gasteiger partial charge on any atom is 0.242 e. The van der Waals surface area contributed by atoms with Crippen molar-refractivity contribution >= 4 is 29.4 Å². The van der Waals surface area contributed by atoms with Crippen LogP contribution in [0.1, 0.15) is 6.92 Å². The maximum atomic E-state index is 11.6. The number of carbonyl (C=O) groups is 1. The summed E-state index contributed by atoms with van der Waals surface area (Å²) in [4.78, 5) is 22.8. The van der Waals surface area contributed by atoms with Crippen molar-refractivity contribution in [1.29, 1.82) is 0 Å². The summed E-state index contributed by atoms with van der Waals surface area (Å²) in [5.74, 6) is -0.0615. The topological polar surface area (TPSA) is 115 Å². The van der Waals surface area contributed by atoms with Gasteiger partial charge in [0, 0.05) is 13.7 Å². The number of amides is 1. The Bertz CT molecular complexity index is 396. The smallest absolute Gasteiger partial charge is 0.242 e. The number of aromatic nitrogens is 3. The van der Waals surface area contributed by atoms with Gasteiger partial charge in [-0.25, -0.2) is 0 Å². The molecule has 0 aliphatic carbocycles. The molecule has 100 valence electrons. The lowest BCUT2D eigenvalue weighted by atomic mass is 10.3. The van der Waals surface area contributed by atoms with Gasteiger partial charge >= 0.3 is 0 Å². The Hall–Kier alpha value is -1.67. The Balaban J connectivity index is 2.52. The van der Waals surface area contributed by atoms with Crippen LogP contribution in [0.25, 0.3) is 0 Å². The average molecular weight is 275 g/mol. The second-order valence-corrected chi connectivity index (χ2v) is 3.77. The van der Waals surface area contributed by atoms with E-state index in [2.05, 4.69) is 25.6 Å². The molecule has 0 spiro atoms. The fourth-order valence-corrected chi connectivity index (χ4v) is 1.29. The minimum Gasteiger partial charge on any atom is -0.383 e. The van der Waals surface area contributed by atoms with E-state index in [1.165, 1.54) is 0 Å². The van der Waals surface area contributed by atoms with Crippen LogP contribution in [0.3, 0.4) is 0 Å². The van der Waals surface area contributed by atoms with Gasteiger partial charge in [0.2, 0.25) is 23.1 Å². The number of nitrogens with zero attached hydrogens (tertiary/aromatic N) is 3. The molecule has 1 aromatic heterocycles. The molecule has 1 atom stereocenters. The molecule has 1 amide bonds. The zero-order chi connectivity index (χ0) is 13.5. The quantitative estimate of drug-likeness (QED) is 0.608. The first-order valence-electron chi connectivity index (χ1n) is 5.23. The summed E-state index contributed by atoms with van der Waals surface area (Å²) in [5.41, 5.74) is 5.41. The summed E-state index contributed by atoms with van der Waals surface area (Å²) in [5, 5.41) is 5.41. The highest BCUT2D eigenvalue weighted by Crippen LogP contribution is 2.07. The molecule has 1 heterocycles. The van der Waals surface area contributed by atoms with Crippen molar-refractivity contribution in [3.63, 3.8) is 0 Å². The highest BCUT2D eigenvalue weighted by Gasteiger charge is 2.14. The van der Waals surface area contributed by atoms with Gasteiger partial charge in [-0.1, -0.05) is 0 Å². The molecule has 18 heavy (non-hydrogen) atoms. The molecule has 0 saturated heterocycles. The van der Waals surface area contributed by atoms with Crippen molar-refractivity contribution in [2.45, 2.75) is 13.0 Å². The van der Waals surface area contributed by atoms with E-state index in [-0.39, 0.29) is 23.1 Å². The number of nitrogens with two attached hydrogens (primary N) is 1. The van der Waals surface area contributed by atoms with E-state index in [4.69, 9.17) is 22.1 Å². The Morgan fingerprint density at radius 2 is 2.22 bits per heavy atom. The minimum absolute atomic E-state index is 0.00973. The molecule has 0 fully saturated rings. The molecule has 1 unspecified atom stereocenters. The fraction of sp³-hybridized carbons (Fsp3) is 0.556. The molecule has 0 saturated carbocycles. The molecular formula is C9H15ClN6O2. The number of carbonyl (C=O) groups excluding carboxylic acids is 1. The lowest BCUT2D eigenvalue weighted by molar-refractivity contribution is -0.121. The van der Waals surface area contributed by atoms with Crippen molar-refractivity contribution in [1.82, 2.24) is 20.3 Å². The van der Waals surface area contributed by atoms with Crippen LogP contribution < -0.4 is 16.4 Å². The normalized spacial score (nSPS) is 11.9. The highest BCUT2D eigenvalue weighted by atomic mass is 35.5. The van der Waals surface area contributed by atoms with Gasteiger partial charge in [-0.15, -0.1) is 0 Å². The number of anilines is 2. The third kappa shape index (κ3) is 4.68. The Labute approximate surface area is 109 Å². The van der Waals surface area contributed by atoms with Gasteiger partial charge in [0.05, 0.1) is 6.61 Å². The molecule has 0 bridgehead atoms. The lowest BCUT2D eigenvalue weighted by Gasteiger charge is -2.13. The number of hydrogen-bond acceptors (Lipinski definition) is 7. The average Bonchev–Trinajstić information content (AvgIpc) is 2.27. The summed E-state index contributed by atoms with van der Waals surface area (Å²) in [7, 11) is 1.56. The summed E-state index contributed by atoms with van der Waals surface area (Å²) in [6, 6.07) is -0.528. The second-order valence-electron chi connectivity index (χ2n) is 3.44. The molecule has 0 aromatic carbocycles. The fourth-order valence-electron chi connectivity index (χ4n) is 1.12. The molecule has 8 nitrogen and oxygen atoms in total. The van der Waals surface area contributed by atoms with E-state index in [0.29, 0.717) is 13.2 Å². The number of methoxy groups -OCH3 is 1. The summed E-state index contributed by atoms with van der Waals surface area (Å²) >= 11 is 5.62. The van der Waals surface area contributed by atoms with Crippen LogP contribution in [0.2, 0.25) is 5.28 Å². The Kier molecular flexibility index (Phi) is 5.53. The highest BCUT2D eigenvalue weighted by molar-refractivity contribution is 6.28. The molecule has 0 aliphatic heterocycles. The van der Waals surface area contributed by atoms with Crippen LogP contribution in [0.5, 0.6) is 0 Å². The molecule has 1 rings (SSSR count). The second kappa shape index (κ2) is 6.92. The van der Waals surface area contributed by atoms with Gasteiger partial charge in [0.15, 0.2) is 0 Å². The Morgan fingerprint density at radius 3 is 2.83 bits per heavy atom. The SMILES string of the molecule is COCCNC(=O)C(C)Nc1nc(N)nc(Cl)n1. The molecule has 0 radical (unpaired) electrons. The monoisotopic (exact) mass is 274 g/mol. The van der Waals surface area contributed by atoms with Crippen LogP contribution in [0, 0.1) is 0 Å². The van der Waals surface area contributed by atoms with E-state index < -0.39 is 6.04 Å². The van der Waals surface area contributed by atoms with E-state index in [9.17, 15) is 4.79 Å². The van der Waals surface area contributed by atoms with E-state index in [0.717, 1.165) is 0 Å². The zero-order valence-corrected chi connectivity index (χ0v) is 10.9. The van der Waals surface area contributed by atoms with Crippen LogP contribution in [-0.4, -0.2) is 47.2 Å². The van der Waals surface area contributed by atoms with Gasteiger partial charge in [0.25, 0.3) is 0 Å². The number of hydrogen-bond donors (Lipinski definition) is 3. The number of nitrogen functional groups attached to an aromatic ring is 1. The lowest BCUT2D eigenvalue weighted by Crippen LogP contribution is -2.39. The standard InChI is InChI=1S/C9H15ClN6O2/c1-5(6(17)12-3-4-18-2)13-9-15-7(10)14-8(11)16-9/h5H,3-4H2,1-2H3,(H,12,17)(H3,11,13,14,15,16). The van der Waals surface area contributed by atoms with Gasteiger partial charge in [-0.3, -0.25) is 4.79 Å². The number of nitrogens with one attached hydrogen (secondary N) is 2. The van der Waals surface area contributed by atoms with E-state index in [1.54, 1.807) is 14.0 Å². The molecule has 1 aromatic rings. The summed E-state index contributed by atoms with van der Waals surface area (Å²) in [6.07, 6.45) is 0. The summed E-state index contributed by atoms with van der Waals surface area (Å²) < 4.78 is 4.82. The first-order chi connectivity index (χ1) is 8.52. The first-order valence-corrected chi connectivity index (χ1v) is 5.61. The third-order valence-corrected chi connectivity index (χ3v) is 2.14. The first kappa shape index (κ1) is 14.4. The molecule has 0 aliphatic rings. The Morgan fingerprint density at radius 1 is 1.50 bits per heavy atom. The van der Waals surface area contributed by atoms with E-state index in [1.807, 2.05) is 0 Å². The van der Waals surface area contributed by atoms with E-state index >= 15 is 0 Å². The van der Waals surface area contributed by atoms with Crippen molar-refractivity contribution < 1.29 is 9.53 Å². The van der Waals surface area contributed by atoms with Gasteiger partial charge < -0.3 is 21.1 Å². The molecule has 4 N–H and O–H groups in total. The van der Waals surface area contributed by atoms with Crippen molar-refractivity contribution in [2.75, 3.05) is 31.3 Å². The number of halogens is 1.